The lowest BCUT2D eigenvalue weighted by Gasteiger charge is -2.31. The van der Waals surface area contributed by atoms with Gasteiger partial charge < -0.3 is 18.7 Å². The lowest BCUT2D eigenvalue weighted by molar-refractivity contribution is -0.135. The van der Waals surface area contributed by atoms with E-state index in [9.17, 15) is 0 Å². The van der Waals surface area contributed by atoms with E-state index >= 15 is 0 Å². The van der Waals surface area contributed by atoms with Crippen LogP contribution in [0.15, 0.2) is 60.7 Å². The molecule has 2 rings (SSSR count). The van der Waals surface area contributed by atoms with E-state index in [1.807, 2.05) is 36.4 Å². The van der Waals surface area contributed by atoms with Crippen molar-refractivity contribution in [3.8, 4) is 0 Å². The predicted molar refractivity (Wildman–Crippen MR) is 120 cm³/mol. The van der Waals surface area contributed by atoms with Gasteiger partial charge in [-0.1, -0.05) is 60.7 Å². The predicted octanol–water partition coefficient (Wildman–Crippen LogP) is 5.65. The van der Waals surface area contributed by atoms with Crippen LogP contribution in [0.2, 0.25) is 0 Å². The van der Waals surface area contributed by atoms with Gasteiger partial charge in [-0.25, -0.2) is 0 Å². The smallest absolute Gasteiger partial charge is 0.105 e. The molecule has 0 aliphatic heterocycles. The Hall–Kier alpha value is -1.29. The summed E-state index contributed by atoms with van der Waals surface area (Å²) >= 11 is 0. The molecule has 0 aliphatic carbocycles. The van der Waals surface area contributed by atoms with Crippen LogP contribution in [0.5, 0.6) is 0 Å². The molecular formula is C24H35O4P. The molecule has 2 aromatic carbocycles. The zero-order valence-corrected chi connectivity index (χ0v) is 19.1. The summed E-state index contributed by atoms with van der Waals surface area (Å²) < 4.78 is 24.0. The topological polar surface area (TPSA) is 36.9 Å². The van der Waals surface area contributed by atoms with E-state index in [1.54, 1.807) is 0 Å². The van der Waals surface area contributed by atoms with Gasteiger partial charge in [0.05, 0.1) is 38.6 Å². The van der Waals surface area contributed by atoms with Gasteiger partial charge in [-0.3, -0.25) is 0 Å². The van der Waals surface area contributed by atoms with Crippen LogP contribution in [0.25, 0.3) is 0 Å². The average molecular weight is 419 g/mol. The Morgan fingerprint density at radius 2 is 1.28 bits per heavy atom. The van der Waals surface area contributed by atoms with Gasteiger partial charge in [0.25, 0.3) is 0 Å². The van der Waals surface area contributed by atoms with Crippen LogP contribution in [0.1, 0.15) is 31.4 Å². The monoisotopic (exact) mass is 418 g/mol. The van der Waals surface area contributed by atoms with E-state index in [4.69, 9.17) is 18.7 Å². The van der Waals surface area contributed by atoms with Crippen LogP contribution >= 0.6 is 8.15 Å². The van der Waals surface area contributed by atoms with Gasteiger partial charge in [0.1, 0.15) is 6.10 Å². The fraction of sp³-hybridized carbons (Fsp3) is 0.500. The lowest BCUT2D eigenvalue weighted by atomic mass is 10.1. The van der Waals surface area contributed by atoms with Gasteiger partial charge in [0.2, 0.25) is 0 Å². The van der Waals surface area contributed by atoms with Gasteiger partial charge in [0, 0.05) is 8.15 Å². The molecule has 0 aromatic heterocycles. The van der Waals surface area contributed by atoms with Crippen molar-refractivity contribution in [3.63, 3.8) is 0 Å². The van der Waals surface area contributed by atoms with E-state index < -0.39 is 0 Å². The molecule has 4 nitrogen and oxygen atoms in total. The molecule has 29 heavy (non-hydrogen) atoms. The first-order chi connectivity index (χ1) is 13.9. The third-order valence-corrected chi connectivity index (χ3v) is 5.07. The minimum Gasteiger partial charge on any atom is -0.374 e. The number of rotatable bonds is 14. The highest BCUT2D eigenvalue weighted by Crippen LogP contribution is 2.28. The molecule has 2 aromatic rings. The summed E-state index contributed by atoms with van der Waals surface area (Å²) in [4.78, 5) is 0. The van der Waals surface area contributed by atoms with E-state index in [-0.39, 0.29) is 19.9 Å². The maximum atomic E-state index is 6.37. The van der Waals surface area contributed by atoms with Gasteiger partial charge in [-0.2, -0.15) is 0 Å². The molecule has 0 unspecified atom stereocenters. The van der Waals surface area contributed by atoms with Crippen molar-refractivity contribution in [1.29, 1.82) is 0 Å². The summed E-state index contributed by atoms with van der Waals surface area (Å²) in [5.41, 5.74) is 2.01. The summed E-state index contributed by atoms with van der Waals surface area (Å²) in [6.07, 6.45) is 0.698. The van der Waals surface area contributed by atoms with Crippen molar-refractivity contribution in [2.45, 2.75) is 45.2 Å². The number of benzene rings is 2. The highest BCUT2D eigenvalue weighted by Gasteiger charge is 2.24. The van der Waals surface area contributed by atoms with Gasteiger partial charge >= 0.3 is 0 Å². The Morgan fingerprint density at radius 3 is 1.72 bits per heavy atom. The first-order valence-electron chi connectivity index (χ1n) is 10.2. The second-order valence-electron chi connectivity index (χ2n) is 7.90. The minimum atomic E-state index is -0.349. The van der Waals surface area contributed by atoms with Crippen LogP contribution in [0.4, 0.5) is 0 Å². The molecule has 0 N–H and O–H groups in total. The largest absolute Gasteiger partial charge is 0.374 e. The summed E-state index contributed by atoms with van der Waals surface area (Å²) in [5, 5.41) is 0. The summed E-state index contributed by atoms with van der Waals surface area (Å²) in [6, 6.07) is 20.4. The van der Waals surface area contributed by atoms with E-state index in [0.717, 1.165) is 17.5 Å². The fourth-order valence-corrected chi connectivity index (χ4v) is 3.32. The van der Waals surface area contributed by atoms with Gasteiger partial charge in [-0.15, -0.1) is 0 Å². The first-order valence-corrected chi connectivity index (χ1v) is 12.3. The third kappa shape index (κ3) is 10.9. The van der Waals surface area contributed by atoms with Gasteiger partial charge in [0.15, 0.2) is 0 Å². The third-order valence-electron chi connectivity index (χ3n) is 4.37. The Morgan fingerprint density at radius 1 is 0.793 bits per heavy atom. The Bertz CT molecular complexity index is 616. The zero-order valence-electron chi connectivity index (χ0n) is 18.2. The number of hydrogen-bond acceptors (Lipinski definition) is 4. The summed E-state index contributed by atoms with van der Waals surface area (Å²) in [7, 11) is -0.349. The standard InChI is InChI=1S/C24H35O4P/c1-24(2,15-16-27-29(3)4)28-23(19-25-17-21-11-7-5-8-12-21)20-26-18-22-13-9-6-10-14-22/h5-14,23H,15-20H2,1-4H3. The Balaban J connectivity index is 1.84. The molecule has 0 radical (unpaired) electrons. The van der Waals surface area contributed by atoms with E-state index in [0.29, 0.717) is 33.0 Å². The summed E-state index contributed by atoms with van der Waals surface area (Å²) in [5.74, 6) is 0. The molecule has 0 saturated carbocycles. The van der Waals surface area contributed by atoms with Crippen LogP contribution in [-0.2, 0) is 31.9 Å². The maximum absolute atomic E-state index is 6.37. The molecule has 0 amide bonds. The first kappa shape index (κ1) is 24.0. The summed E-state index contributed by atoms with van der Waals surface area (Å²) in [6.45, 7) is 11.2. The molecule has 160 valence electrons. The van der Waals surface area contributed by atoms with Crippen molar-refractivity contribution in [1.82, 2.24) is 0 Å². The fourth-order valence-electron chi connectivity index (χ4n) is 2.87. The highest BCUT2D eigenvalue weighted by atomic mass is 31.1. The molecule has 0 aliphatic rings. The normalized spacial score (nSPS) is 12.1. The van der Waals surface area contributed by atoms with Crippen molar-refractivity contribution in [2.75, 3.05) is 33.2 Å². The van der Waals surface area contributed by atoms with Crippen LogP contribution in [0, 0.1) is 0 Å². The molecule has 0 atom stereocenters. The van der Waals surface area contributed by atoms with E-state index in [2.05, 4.69) is 51.4 Å². The van der Waals surface area contributed by atoms with Crippen LogP contribution in [0.3, 0.4) is 0 Å². The molecule has 5 heteroatoms. The second-order valence-corrected chi connectivity index (χ2v) is 9.78. The molecule has 0 saturated heterocycles. The zero-order chi connectivity index (χ0) is 21.0. The Kier molecular flexibility index (Phi) is 10.8. The van der Waals surface area contributed by atoms with Gasteiger partial charge in [-0.05, 0) is 44.7 Å². The van der Waals surface area contributed by atoms with Crippen LogP contribution in [-0.4, -0.2) is 44.9 Å². The molecule has 0 spiro atoms. The molecule has 0 fully saturated rings. The van der Waals surface area contributed by atoms with Crippen molar-refractivity contribution >= 4 is 8.15 Å². The number of ether oxygens (including phenoxy) is 3. The highest BCUT2D eigenvalue weighted by molar-refractivity contribution is 7.50. The number of hydrogen-bond donors (Lipinski definition) is 0. The molecular weight excluding hydrogens is 383 g/mol. The SMILES string of the molecule is CP(C)OCCC(C)(C)OC(COCc1ccccc1)COCc1ccccc1. The van der Waals surface area contributed by atoms with Crippen molar-refractivity contribution in [2.24, 2.45) is 0 Å². The van der Waals surface area contributed by atoms with Crippen LogP contribution < -0.4 is 0 Å². The molecule has 0 bridgehead atoms. The lowest BCUT2D eigenvalue weighted by Crippen LogP contribution is -2.37. The second kappa shape index (κ2) is 13.1. The van der Waals surface area contributed by atoms with E-state index in [1.165, 1.54) is 0 Å². The quantitative estimate of drug-likeness (QED) is 0.372. The maximum Gasteiger partial charge on any atom is 0.105 e. The van der Waals surface area contributed by atoms with Crippen molar-refractivity contribution < 1.29 is 18.7 Å². The van der Waals surface area contributed by atoms with Crippen molar-refractivity contribution in [3.05, 3.63) is 71.8 Å². The Labute approximate surface area is 177 Å². The average Bonchev–Trinajstić information content (AvgIpc) is 2.69. The molecule has 0 heterocycles. The minimum absolute atomic E-state index is 0.137.